The minimum absolute atomic E-state index is 0.192. The second-order valence-electron chi connectivity index (χ2n) is 8.40. The van der Waals surface area contributed by atoms with Crippen LogP contribution in [0.4, 0.5) is 0 Å². The molecule has 0 fully saturated rings. The van der Waals surface area contributed by atoms with E-state index in [0.717, 1.165) is 15.9 Å². The first-order chi connectivity index (χ1) is 14.9. The quantitative estimate of drug-likeness (QED) is 0.225. The van der Waals surface area contributed by atoms with Gasteiger partial charge in [-0.05, 0) is 27.9 Å². The molecule has 3 nitrogen and oxygen atoms in total. The van der Waals surface area contributed by atoms with Gasteiger partial charge in [0.25, 0.3) is 0 Å². The summed E-state index contributed by atoms with van der Waals surface area (Å²) in [6.07, 6.45) is 1.63. The molecule has 3 rings (SSSR count). The van der Waals surface area contributed by atoms with E-state index in [0.29, 0.717) is 12.2 Å². The molecule has 3 aromatic rings. The molecule has 0 aliphatic rings. The topological polar surface area (TPSA) is 35.5 Å². The van der Waals surface area contributed by atoms with Crippen LogP contribution in [0.1, 0.15) is 33.3 Å². The lowest BCUT2D eigenvalue weighted by Crippen LogP contribution is -2.65. The van der Waals surface area contributed by atoms with Crippen molar-refractivity contribution < 1.29 is 14.0 Å². The van der Waals surface area contributed by atoms with Gasteiger partial charge in [-0.1, -0.05) is 112 Å². The molecule has 0 heterocycles. The van der Waals surface area contributed by atoms with Crippen LogP contribution in [0.2, 0.25) is 5.04 Å². The highest BCUT2D eigenvalue weighted by Crippen LogP contribution is 2.37. The maximum atomic E-state index is 12.8. The first-order valence-electron chi connectivity index (χ1n) is 10.6. The third-order valence-electron chi connectivity index (χ3n) is 5.35. The maximum absolute atomic E-state index is 12.8. The van der Waals surface area contributed by atoms with E-state index in [1.54, 1.807) is 6.26 Å². The molecule has 3 aromatic carbocycles. The summed E-state index contributed by atoms with van der Waals surface area (Å²) in [7, 11) is -2.80. The number of ether oxygens (including phenoxy) is 1. The second kappa shape index (κ2) is 9.80. The van der Waals surface area contributed by atoms with Crippen molar-refractivity contribution in [2.45, 2.75) is 32.7 Å². The van der Waals surface area contributed by atoms with Crippen molar-refractivity contribution in [3.63, 3.8) is 0 Å². The number of benzene rings is 3. The Morgan fingerprint density at radius 3 is 1.68 bits per heavy atom. The average molecular weight is 431 g/mol. The van der Waals surface area contributed by atoms with Crippen molar-refractivity contribution in [2.75, 3.05) is 6.61 Å². The summed E-state index contributed by atoms with van der Waals surface area (Å²) in [5.74, 6) is -0.383. The Kier molecular flexibility index (Phi) is 7.13. The molecule has 0 unspecified atom stereocenters. The highest BCUT2D eigenvalue weighted by molar-refractivity contribution is 6.99. The fourth-order valence-electron chi connectivity index (χ4n) is 3.90. The zero-order valence-electron chi connectivity index (χ0n) is 18.7. The molecule has 160 valence electrons. The molecule has 31 heavy (non-hydrogen) atoms. The van der Waals surface area contributed by atoms with E-state index in [4.69, 9.17) is 9.16 Å². The highest BCUT2D eigenvalue weighted by atomic mass is 28.4. The summed E-state index contributed by atoms with van der Waals surface area (Å²) in [5, 5.41) is 2.12. The van der Waals surface area contributed by atoms with Gasteiger partial charge in [0.2, 0.25) is 0 Å². The van der Waals surface area contributed by atoms with E-state index >= 15 is 0 Å². The van der Waals surface area contributed by atoms with Crippen molar-refractivity contribution in [1.29, 1.82) is 0 Å². The van der Waals surface area contributed by atoms with Gasteiger partial charge in [-0.2, -0.15) is 0 Å². The Hall–Kier alpha value is -3.11. The number of hydrogen-bond acceptors (Lipinski definition) is 3. The van der Waals surface area contributed by atoms with Crippen molar-refractivity contribution in [2.24, 2.45) is 0 Å². The largest absolute Gasteiger partial charge is 0.539 e. The zero-order valence-corrected chi connectivity index (χ0v) is 19.7. The molecule has 0 aliphatic carbocycles. The number of carbonyl (C=O) groups is 1. The van der Waals surface area contributed by atoms with E-state index in [-0.39, 0.29) is 11.0 Å². The van der Waals surface area contributed by atoms with Crippen molar-refractivity contribution in [1.82, 2.24) is 0 Å². The molecule has 0 saturated carbocycles. The third-order valence-corrected chi connectivity index (χ3v) is 10.2. The molecule has 0 atom stereocenters. The lowest BCUT2D eigenvalue weighted by atomic mass is 10.1. The normalized spacial score (nSPS) is 12.3. The Bertz CT molecular complexity index is 967. The van der Waals surface area contributed by atoms with Crippen LogP contribution in [0, 0.1) is 0 Å². The SMILES string of the molecule is CCOC(=O)/C(=C/O[Si](c1ccccc1)(c1ccccc1)C(C)(C)C)c1ccccc1. The predicted molar refractivity (Wildman–Crippen MR) is 130 cm³/mol. The van der Waals surface area contributed by atoms with Crippen LogP contribution in [-0.2, 0) is 14.0 Å². The summed E-state index contributed by atoms with van der Waals surface area (Å²) in [5.41, 5.74) is 1.20. The van der Waals surface area contributed by atoms with Gasteiger partial charge in [-0.15, -0.1) is 0 Å². The highest BCUT2D eigenvalue weighted by Gasteiger charge is 2.51. The Labute approximate surface area is 186 Å². The fraction of sp³-hybridized carbons (Fsp3) is 0.222. The minimum atomic E-state index is -2.80. The zero-order chi connectivity index (χ0) is 22.3. The van der Waals surface area contributed by atoms with E-state index in [1.807, 2.05) is 73.7 Å². The van der Waals surface area contributed by atoms with Crippen LogP contribution >= 0.6 is 0 Å². The van der Waals surface area contributed by atoms with Crippen LogP contribution in [0.25, 0.3) is 5.57 Å². The standard InChI is InChI=1S/C27H30O3Si/c1-5-29-26(28)25(22-15-9-6-10-16-22)21-30-31(27(2,3)4,23-17-11-7-12-18-23)24-19-13-8-14-20-24/h6-21H,5H2,1-4H3/b25-21+. The third kappa shape index (κ3) is 4.80. The van der Waals surface area contributed by atoms with Gasteiger partial charge in [0.15, 0.2) is 0 Å². The average Bonchev–Trinajstić information content (AvgIpc) is 2.78. The van der Waals surface area contributed by atoms with Crippen LogP contribution in [0.3, 0.4) is 0 Å². The number of esters is 1. The molecule has 0 radical (unpaired) electrons. The smallest absolute Gasteiger partial charge is 0.341 e. The van der Waals surface area contributed by atoms with Gasteiger partial charge in [-0.25, -0.2) is 4.79 Å². The lowest BCUT2D eigenvalue weighted by Gasteiger charge is -2.42. The summed E-state index contributed by atoms with van der Waals surface area (Å²) >= 11 is 0. The van der Waals surface area contributed by atoms with Gasteiger partial charge < -0.3 is 9.16 Å². The van der Waals surface area contributed by atoms with Gasteiger partial charge in [0.05, 0.1) is 18.4 Å². The number of hydrogen-bond donors (Lipinski definition) is 0. The van der Waals surface area contributed by atoms with E-state index < -0.39 is 8.32 Å². The summed E-state index contributed by atoms with van der Waals surface area (Å²) in [6, 6.07) is 30.3. The van der Waals surface area contributed by atoms with Crippen LogP contribution in [-0.4, -0.2) is 20.9 Å². The molecule has 0 spiro atoms. The van der Waals surface area contributed by atoms with Crippen molar-refractivity contribution in [3.8, 4) is 0 Å². The molecule has 0 aliphatic heterocycles. The van der Waals surface area contributed by atoms with Crippen LogP contribution < -0.4 is 10.4 Å². The summed E-state index contributed by atoms with van der Waals surface area (Å²) in [4.78, 5) is 12.8. The van der Waals surface area contributed by atoms with E-state index in [1.165, 1.54) is 0 Å². The summed E-state index contributed by atoms with van der Waals surface area (Å²) in [6.45, 7) is 8.74. The van der Waals surface area contributed by atoms with E-state index in [2.05, 4.69) is 45.0 Å². The van der Waals surface area contributed by atoms with Gasteiger partial charge >= 0.3 is 14.3 Å². The Morgan fingerprint density at radius 2 is 1.26 bits per heavy atom. The second-order valence-corrected chi connectivity index (χ2v) is 12.7. The maximum Gasteiger partial charge on any atom is 0.341 e. The molecule has 4 heteroatoms. The monoisotopic (exact) mass is 430 g/mol. The molecular weight excluding hydrogens is 400 g/mol. The van der Waals surface area contributed by atoms with E-state index in [9.17, 15) is 4.79 Å². The molecule has 0 saturated heterocycles. The lowest BCUT2D eigenvalue weighted by molar-refractivity contribution is -0.136. The molecule has 0 N–H and O–H groups in total. The molecular formula is C27H30O3Si. The van der Waals surface area contributed by atoms with Crippen LogP contribution in [0.15, 0.2) is 97.3 Å². The molecule has 0 bridgehead atoms. The fourth-order valence-corrected chi connectivity index (χ4v) is 8.21. The number of carbonyl (C=O) groups excluding carboxylic acids is 1. The molecule has 0 aromatic heterocycles. The Balaban J connectivity index is 2.21. The predicted octanol–water partition coefficient (Wildman–Crippen LogP) is 5.17. The minimum Gasteiger partial charge on any atom is -0.539 e. The van der Waals surface area contributed by atoms with Crippen LogP contribution in [0.5, 0.6) is 0 Å². The van der Waals surface area contributed by atoms with Gasteiger partial charge in [0, 0.05) is 0 Å². The van der Waals surface area contributed by atoms with Crippen molar-refractivity contribution in [3.05, 3.63) is 103 Å². The summed E-state index contributed by atoms with van der Waals surface area (Å²) < 4.78 is 12.2. The first kappa shape index (κ1) is 22.6. The molecule has 0 amide bonds. The Morgan fingerprint density at radius 1 is 0.806 bits per heavy atom. The first-order valence-corrected chi connectivity index (χ1v) is 12.5. The van der Waals surface area contributed by atoms with Gasteiger partial charge in [0.1, 0.15) is 0 Å². The number of rotatable bonds is 7. The van der Waals surface area contributed by atoms with Gasteiger partial charge in [-0.3, -0.25) is 0 Å². The van der Waals surface area contributed by atoms with Crippen molar-refractivity contribution >= 4 is 30.2 Å².